The van der Waals surface area contributed by atoms with Gasteiger partial charge in [-0.1, -0.05) is 25.4 Å². The number of rotatable bonds is 6. The molecule has 0 radical (unpaired) electrons. The average molecular weight is 272 g/mol. The Balaban J connectivity index is 2.75. The third-order valence-electron chi connectivity index (χ3n) is 2.66. The van der Waals surface area contributed by atoms with Crippen LogP contribution in [-0.4, -0.2) is 17.3 Å². The summed E-state index contributed by atoms with van der Waals surface area (Å²) in [6.07, 6.45) is 0.727. The number of nitro groups is 1. The first-order chi connectivity index (χ1) is 8.45. The van der Waals surface area contributed by atoms with E-state index in [0.29, 0.717) is 0 Å². The van der Waals surface area contributed by atoms with Crippen LogP contribution in [-0.2, 0) is 4.79 Å². The highest BCUT2D eigenvalue weighted by molar-refractivity contribution is 6.32. The maximum atomic E-state index is 11.6. The molecular weight excluding hydrogens is 258 g/mol. The van der Waals surface area contributed by atoms with E-state index < -0.39 is 4.92 Å². The zero-order valence-electron chi connectivity index (χ0n) is 10.2. The van der Waals surface area contributed by atoms with Crippen molar-refractivity contribution in [3.05, 3.63) is 33.3 Å². The van der Waals surface area contributed by atoms with Crippen LogP contribution in [0.3, 0.4) is 0 Å². The lowest BCUT2D eigenvalue weighted by molar-refractivity contribution is -0.384. The van der Waals surface area contributed by atoms with Gasteiger partial charge < -0.3 is 4.74 Å². The minimum atomic E-state index is -0.542. The molecule has 0 bridgehead atoms. The Morgan fingerprint density at radius 2 is 2.22 bits per heavy atom. The minimum Gasteiger partial charge on any atom is -0.484 e. The van der Waals surface area contributed by atoms with Crippen LogP contribution in [0, 0.1) is 16.0 Å². The molecule has 0 heterocycles. The first-order valence-corrected chi connectivity index (χ1v) is 5.93. The zero-order chi connectivity index (χ0) is 13.7. The van der Waals surface area contributed by atoms with E-state index in [1.165, 1.54) is 18.2 Å². The number of nitrogens with zero attached hydrogens (tertiary/aromatic N) is 1. The molecule has 5 nitrogen and oxygen atoms in total. The van der Waals surface area contributed by atoms with Gasteiger partial charge in [0.15, 0.2) is 5.78 Å². The van der Waals surface area contributed by atoms with Crippen molar-refractivity contribution in [1.82, 2.24) is 0 Å². The lowest BCUT2D eigenvalue weighted by Crippen LogP contribution is -2.18. The van der Waals surface area contributed by atoms with Crippen molar-refractivity contribution in [2.24, 2.45) is 5.92 Å². The van der Waals surface area contributed by atoms with Gasteiger partial charge in [-0.05, 0) is 12.5 Å². The van der Waals surface area contributed by atoms with E-state index in [1.54, 1.807) is 6.92 Å². The summed E-state index contributed by atoms with van der Waals surface area (Å²) in [6.45, 7) is 3.58. The monoisotopic (exact) mass is 271 g/mol. The van der Waals surface area contributed by atoms with Crippen molar-refractivity contribution in [2.45, 2.75) is 20.3 Å². The number of Topliss-reactive ketones (excluding diaryl/α,β-unsaturated/α-hetero) is 1. The van der Waals surface area contributed by atoms with Crippen molar-refractivity contribution >= 4 is 23.1 Å². The number of nitro benzene ring substituents is 1. The molecule has 1 atom stereocenters. The fraction of sp³-hybridized carbons (Fsp3) is 0.417. The zero-order valence-corrected chi connectivity index (χ0v) is 10.9. The standard InChI is InChI=1S/C12H14ClNO4/c1-3-8(2)11(15)7-18-12-6-9(14(16)17)4-5-10(12)13/h4-6,8H,3,7H2,1-2H3. The summed E-state index contributed by atoms with van der Waals surface area (Å²) in [5.74, 6) is 0.00469. The number of hydrogen-bond acceptors (Lipinski definition) is 4. The predicted octanol–water partition coefficient (Wildman–Crippen LogP) is 3.24. The van der Waals surface area contributed by atoms with Crippen LogP contribution >= 0.6 is 11.6 Å². The van der Waals surface area contributed by atoms with Crippen LogP contribution in [0.2, 0.25) is 5.02 Å². The SMILES string of the molecule is CCC(C)C(=O)COc1cc([N+](=O)[O-])ccc1Cl. The van der Waals surface area contributed by atoms with Crippen LogP contribution in [0.4, 0.5) is 5.69 Å². The minimum absolute atomic E-state index is 0.0555. The Kier molecular flexibility index (Phi) is 5.09. The molecule has 1 unspecified atom stereocenters. The topological polar surface area (TPSA) is 69.4 Å². The highest BCUT2D eigenvalue weighted by atomic mass is 35.5. The van der Waals surface area contributed by atoms with Gasteiger partial charge in [0.2, 0.25) is 0 Å². The van der Waals surface area contributed by atoms with E-state index in [-0.39, 0.29) is 34.8 Å². The molecule has 0 aliphatic heterocycles. The quantitative estimate of drug-likeness (QED) is 0.588. The Bertz CT molecular complexity index is 461. The second kappa shape index (κ2) is 6.35. The average Bonchev–Trinajstić information content (AvgIpc) is 2.36. The summed E-state index contributed by atoms with van der Waals surface area (Å²) >= 11 is 5.84. The van der Waals surface area contributed by atoms with Gasteiger partial charge in [0, 0.05) is 12.0 Å². The van der Waals surface area contributed by atoms with Gasteiger partial charge in [0.25, 0.3) is 5.69 Å². The largest absolute Gasteiger partial charge is 0.484 e. The summed E-state index contributed by atoms with van der Waals surface area (Å²) in [5.41, 5.74) is -0.120. The molecule has 6 heteroatoms. The van der Waals surface area contributed by atoms with Crippen LogP contribution in [0.5, 0.6) is 5.75 Å². The first kappa shape index (κ1) is 14.4. The van der Waals surface area contributed by atoms with Gasteiger partial charge in [0.05, 0.1) is 16.0 Å². The number of carbonyl (C=O) groups is 1. The van der Waals surface area contributed by atoms with E-state index in [0.717, 1.165) is 6.42 Å². The summed E-state index contributed by atoms with van der Waals surface area (Å²) < 4.78 is 5.23. The number of benzene rings is 1. The molecular formula is C12H14ClNO4. The third kappa shape index (κ3) is 3.70. The Morgan fingerprint density at radius 1 is 1.56 bits per heavy atom. The fourth-order valence-corrected chi connectivity index (χ4v) is 1.41. The van der Waals surface area contributed by atoms with E-state index in [1.807, 2.05) is 6.92 Å². The molecule has 98 valence electrons. The van der Waals surface area contributed by atoms with Crippen molar-refractivity contribution in [1.29, 1.82) is 0 Å². The molecule has 0 spiro atoms. The molecule has 1 rings (SSSR count). The molecule has 0 fully saturated rings. The fourth-order valence-electron chi connectivity index (χ4n) is 1.24. The normalized spacial score (nSPS) is 11.9. The first-order valence-electron chi connectivity index (χ1n) is 5.55. The molecule has 1 aromatic rings. The maximum Gasteiger partial charge on any atom is 0.273 e. The Morgan fingerprint density at radius 3 is 2.78 bits per heavy atom. The van der Waals surface area contributed by atoms with Gasteiger partial charge in [-0.2, -0.15) is 0 Å². The number of halogens is 1. The Labute approximate surface area is 110 Å². The van der Waals surface area contributed by atoms with Crippen molar-refractivity contribution in [3.63, 3.8) is 0 Å². The number of non-ortho nitro benzene ring substituents is 1. The summed E-state index contributed by atoms with van der Waals surface area (Å²) in [5, 5.41) is 10.8. The molecule has 1 aromatic carbocycles. The van der Waals surface area contributed by atoms with Crippen LogP contribution < -0.4 is 4.74 Å². The molecule has 0 aliphatic rings. The highest BCUT2D eigenvalue weighted by Crippen LogP contribution is 2.28. The van der Waals surface area contributed by atoms with Gasteiger partial charge in [-0.3, -0.25) is 14.9 Å². The highest BCUT2D eigenvalue weighted by Gasteiger charge is 2.14. The van der Waals surface area contributed by atoms with Gasteiger partial charge in [-0.15, -0.1) is 0 Å². The van der Waals surface area contributed by atoms with Crippen LogP contribution in [0.15, 0.2) is 18.2 Å². The maximum absolute atomic E-state index is 11.6. The molecule has 18 heavy (non-hydrogen) atoms. The molecule has 0 aromatic heterocycles. The number of hydrogen-bond donors (Lipinski definition) is 0. The van der Waals surface area contributed by atoms with Crippen molar-refractivity contribution < 1.29 is 14.5 Å². The smallest absolute Gasteiger partial charge is 0.273 e. The van der Waals surface area contributed by atoms with Gasteiger partial charge in [0.1, 0.15) is 12.4 Å². The lowest BCUT2D eigenvalue weighted by Gasteiger charge is -2.10. The van der Waals surface area contributed by atoms with E-state index in [2.05, 4.69) is 0 Å². The number of ether oxygens (including phenoxy) is 1. The van der Waals surface area contributed by atoms with E-state index >= 15 is 0 Å². The van der Waals surface area contributed by atoms with E-state index in [9.17, 15) is 14.9 Å². The summed E-state index contributed by atoms with van der Waals surface area (Å²) in [4.78, 5) is 21.6. The van der Waals surface area contributed by atoms with Crippen LogP contribution in [0.1, 0.15) is 20.3 Å². The molecule has 0 N–H and O–H groups in total. The molecule has 0 aliphatic carbocycles. The number of ketones is 1. The summed E-state index contributed by atoms with van der Waals surface area (Å²) in [7, 11) is 0. The predicted molar refractivity (Wildman–Crippen MR) is 68.1 cm³/mol. The van der Waals surface area contributed by atoms with Crippen LogP contribution in [0.25, 0.3) is 0 Å². The van der Waals surface area contributed by atoms with Crippen molar-refractivity contribution in [2.75, 3.05) is 6.61 Å². The van der Waals surface area contributed by atoms with E-state index in [4.69, 9.17) is 16.3 Å². The third-order valence-corrected chi connectivity index (χ3v) is 2.97. The van der Waals surface area contributed by atoms with Gasteiger partial charge >= 0.3 is 0 Å². The lowest BCUT2D eigenvalue weighted by atomic mass is 10.1. The molecule has 0 amide bonds. The second-order valence-electron chi connectivity index (χ2n) is 3.94. The van der Waals surface area contributed by atoms with Gasteiger partial charge in [-0.25, -0.2) is 0 Å². The Hall–Kier alpha value is -1.62. The molecule has 0 saturated carbocycles. The summed E-state index contributed by atoms with van der Waals surface area (Å²) in [6, 6.07) is 3.88. The van der Waals surface area contributed by atoms with Crippen molar-refractivity contribution in [3.8, 4) is 5.75 Å². The molecule has 0 saturated heterocycles. The number of carbonyl (C=O) groups excluding carboxylic acids is 1. The second-order valence-corrected chi connectivity index (χ2v) is 4.34.